The number of nitrogens with one attached hydrogen (secondary N) is 1. The van der Waals surface area contributed by atoms with Gasteiger partial charge in [0.15, 0.2) is 0 Å². The molecule has 0 bridgehead atoms. The number of nitrogens with zero attached hydrogens (tertiary/aromatic N) is 1. The van der Waals surface area contributed by atoms with Crippen LogP contribution in [0.25, 0.3) is 0 Å². The lowest BCUT2D eigenvalue weighted by Crippen LogP contribution is -2.31. The van der Waals surface area contributed by atoms with Gasteiger partial charge in [0, 0.05) is 6.20 Å². The van der Waals surface area contributed by atoms with Crippen molar-refractivity contribution in [3.05, 3.63) is 66.0 Å². The quantitative estimate of drug-likeness (QED) is 0.910. The van der Waals surface area contributed by atoms with Crippen molar-refractivity contribution < 1.29 is 8.42 Å². The van der Waals surface area contributed by atoms with Crippen LogP contribution in [0.5, 0.6) is 0 Å². The minimum atomic E-state index is -3.31. The molecule has 19 heavy (non-hydrogen) atoms. The summed E-state index contributed by atoms with van der Waals surface area (Å²) < 4.78 is 26.3. The third-order valence-electron chi connectivity index (χ3n) is 2.79. The Morgan fingerprint density at radius 3 is 2.37 bits per heavy atom. The van der Waals surface area contributed by atoms with Gasteiger partial charge >= 0.3 is 0 Å². The van der Waals surface area contributed by atoms with Gasteiger partial charge in [-0.1, -0.05) is 36.4 Å². The number of aromatic nitrogens is 1. The molecular weight excluding hydrogens is 260 g/mol. The van der Waals surface area contributed by atoms with Crippen LogP contribution in [0.15, 0.2) is 54.7 Å². The Labute approximate surface area is 113 Å². The van der Waals surface area contributed by atoms with Gasteiger partial charge in [-0.15, -0.1) is 0 Å². The molecular formula is C14H16N2O2S. The monoisotopic (exact) mass is 276 g/mol. The molecule has 4 nitrogen and oxygen atoms in total. The first-order chi connectivity index (χ1) is 9.12. The molecule has 1 heterocycles. The molecule has 0 fully saturated rings. The molecule has 0 aliphatic rings. The average molecular weight is 276 g/mol. The number of benzene rings is 1. The van der Waals surface area contributed by atoms with E-state index in [0.29, 0.717) is 5.69 Å². The molecule has 100 valence electrons. The van der Waals surface area contributed by atoms with Crippen LogP contribution >= 0.6 is 0 Å². The summed E-state index contributed by atoms with van der Waals surface area (Å²) in [4.78, 5) is 4.25. The topological polar surface area (TPSA) is 59.1 Å². The molecule has 2 aromatic rings. The number of sulfonamides is 1. The van der Waals surface area contributed by atoms with Crippen molar-refractivity contribution in [1.29, 1.82) is 0 Å². The molecule has 1 aromatic carbocycles. The highest BCUT2D eigenvalue weighted by Crippen LogP contribution is 2.20. The predicted molar refractivity (Wildman–Crippen MR) is 75.1 cm³/mol. The molecule has 2 rings (SSSR count). The van der Waals surface area contributed by atoms with E-state index in [9.17, 15) is 8.42 Å². The lowest BCUT2D eigenvalue weighted by Gasteiger charge is -2.18. The van der Waals surface area contributed by atoms with E-state index in [1.54, 1.807) is 19.2 Å². The lowest BCUT2D eigenvalue weighted by atomic mass is 10.0. The number of hydrogen-bond donors (Lipinski definition) is 1. The second kappa shape index (κ2) is 5.95. The lowest BCUT2D eigenvalue weighted by molar-refractivity contribution is 0.571. The van der Waals surface area contributed by atoms with E-state index >= 15 is 0 Å². The van der Waals surface area contributed by atoms with Gasteiger partial charge in [0.25, 0.3) is 0 Å². The van der Waals surface area contributed by atoms with Crippen molar-refractivity contribution in [1.82, 2.24) is 9.71 Å². The summed E-state index contributed by atoms with van der Waals surface area (Å²) in [6.45, 7) is 1.61. The van der Waals surface area contributed by atoms with E-state index in [1.807, 2.05) is 42.5 Å². The Balaban J connectivity index is 2.40. The highest BCUT2D eigenvalue weighted by Gasteiger charge is 2.20. The molecule has 1 aromatic heterocycles. The van der Waals surface area contributed by atoms with Crippen molar-refractivity contribution in [2.75, 3.05) is 5.75 Å². The van der Waals surface area contributed by atoms with Crippen LogP contribution in [-0.4, -0.2) is 19.2 Å². The number of rotatable bonds is 5. The van der Waals surface area contributed by atoms with Gasteiger partial charge < -0.3 is 0 Å². The van der Waals surface area contributed by atoms with Crippen molar-refractivity contribution >= 4 is 10.0 Å². The Morgan fingerprint density at radius 2 is 1.79 bits per heavy atom. The van der Waals surface area contributed by atoms with Gasteiger partial charge in [-0.05, 0) is 24.6 Å². The first kappa shape index (κ1) is 13.7. The molecule has 0 aliphatic carbocycles. The maximum atomic E-state index is 11.8. The number of pyridine rings is 1. The van der Waals surface area contributed by atoms with Gasteiger partial charge in [-0.25, -0.2) is 13.1 Å². The maximum Gasteiger partial charge on any atom is 0.212 e. The van der Waals surface area contributed by atoms with E-state index in [0.717, 1.165) is 5.56 Å². The summed E-state index contributed by atoms with van der Waals surface area (Å²) in [5.74, 6) is 0.0448. The Hall–Kier alpha value is -1.72. The average Bonchev–Trinajstić information content (AvgIpc) is 2.47. The normalized spacial score (nSPS) is 13.1. The molecule has 0 radical (unpaired) electrons. The summed E-state index contributed by atoms with van der Waals surface area (Å²) in [5.41, 5.74) is 1.56. The Bertz CT molecular complexity index is 573. The highest BCUT2D eigenvalue weighted by atomic mass is 32.2. The van der Waals surface area contributed by atoms with E-state index in [4.69, 9.17) is 0 Å². The Morgan fingerprint density at radius 1 is 1.11 bits per heavy atom. The van der Waals surface area contributed by atoms with Gasteiger partial charge in [-0.2, -0.15) is 0 Å². The van der Waals surface area contributed by atoms with Crippen LogP contribution in [-0.2, 0) is 10.0 Å². The molecule has 5 heteroatoms. The predicted octanol–water partition coefficient (Wildman–Crippen LogP) is 2.11. The van der Waals surface area contributed by atoms with Gasteiger partial charge in [0.1, 0.15) is 0 Å². The zero-order valence-electron chi connectivity index (χ0n) is 10.7. The minimum Gasteiger partial charge on any atom is -0.259 e. The molecule has 0 saturated carbocycles. The van der Waals surface area contributed by atoms with Crippen LogP contribution in [0.1, 0.15) is 24.2 Å². The molecule has 0 aliphatic heterocycles. The van der Waals surface area contributed by atoms with Crippen LogP contribution < -0.4 is 4.72 Å². The fourth-order valence-electron chi connectivity index (χ4n) is 1.75. The summed E-state index contributed by atoms with van der Waals surface area (Å²) in [6.07, 6.45) is 1.66. The first-order valence-electron chi connectivity index (χ1n) is 6.08. The summed E-state index contributed by atoms with van der Waals surface area (Å²) in [5, 5.41) is 0. The molecule has 0 spiro atoms. The van der Waals surface area contributed by atoms with Crippen molar-refractivity contribution in [3.63, 3.8) is 0 Å². The third kappa shape index (κ3) is 3.62. The van der Waals surface area contributed by atoms with Crippen LogP contribution in [0.2, 0.25) is 0 Å². The molecule has 0 unspecified atom stereocenters. The Kier molecular flexibility index (Phi) is 4.29. The zero-order chi connectivity index (χ0) is 13.7. The SMILES string of the molecule is CCS(=O)(=O)N[C@H](c1ccccc1)c1ccccn1. The van der Waals surface area contributed by atoms with Gasteiger partial charge in [0.05, 0.1) is 17.5 Å². The smallest absolute Gasteiger partial charge is 0.212 e. The van der Waals surface area contributed by atoms with Crippen molar-refractivity contribution in [3.8, 4) is 0 Å². The largest absolute Gasteiger partial charge is 0.259 e. The molecule has 1 atom stereocenters. The molecule has 0 saturated heterocycles. The summed E-state index contributed by atoms with van der Waals surface area (Å²) in [7, 11) is -3.31. The van der Waals surface area contributed by atoms with Crippen LogP contribution in [0.4, 0.5) is 0 Å². The van der Waals surface area contributed by atoms with Crippen LogP contribution in [0, 0.1) is 0 Å². The van der Waals surface area contributed by atoms with Gasteiger partial charge in [-0.3, -0.25) is 4.98 Å². The molecule has 0 amide bonds. The second-order valence-electron chi connectivity index (χ2n) is 4.12. The summed E-state index contributed by atoms with van der Waals surface area (Å²) in [6, 6.07) is 14.4. The van der Waals surface area contributed by atoms with Gasteiger partial charge in [0.2, 0.25) is 10.0 Å². The van der Waals surface area contributed by atoms with E-state index in [-0.39, 0.29) is 5.75 Å². The maximum absolute atomic E-state index is 11.8. The third-order valence-corrected chi connectivity index (χ3v) is 4.15. The van der Waals surface area contributed by atoms with Crippen molar-refractivity contribution in [2.45, 2.75) is 13.0 Å². The van der Waals surface area contributed by atoms with Crippen molar-refractivity contribution in [2.24, 2.45) is 0 Å². The van der Waals surface area contributed by atoms with E-state index in [2.05, 4.69) is 9.71 Å². The van der Waals surface area contributed by atoms with E-state index < -0.39 is 16.1 Å². The summed E-state index contributed by atoms with van der Waals surface area (Å²) >= 11 is 0. The fraction of sp³-hybridized carbons (Fsp3) is 0.214. The minimum absolute atomic E-state index is 0.0448. The fourth-order valence-corrected chi connectivity index (χ4v) is 2.54. The zero-order valence-corrected chi connectivity index (χ0v) is 11.5. The second-order valence-corrected chi connectivity index (χ2v) is 6.16. The number of hydrogen-bond acceptors (Lipinski definition) is 3. The van der Waals surface area contributed by atoms with E-state index in [1.165, 1.54) is 0 Å². The molecule has 1 N–H and O–H groups in total. The van der Waals surface area contributed by atoms with Crippen LogP contribution in [0.3, 0.4) is 0 Å². The first-order valence-corrected chi connectivity index (χ1v) is 7.73. The highest BCUT2D eigenvalue weighted by molar-refractivity contribution is 7.89. The standard InChI is InChI=1S/C14H16N2O2S/c1-2-19(17,18)16-14(12-8-4-3-5-9-12)13-10-6-7-11-15-13/h3-11,14,16H,2H2,1H3/t14-/m1/s1.